The van der Waals surface area contributed by atoms with E-state index in [1.165, 1.54) is 11.1 Å². The minimum Gasteiger partial charge on any atom is -0.440 e. The van der Waals surface area contributed by atoms with Crippen molar-refractivity contribution in [1.82, 2.24) is 10.3 Å². The van der Waals surface area contributed by atoms with Crippen molar-refractivity contribution in [3.8, 4) is 0 Å². The molecule has 2 heterocycles. The molecule has 0 spiro atoms. The number of aryl methyl sites for hydroxylation is 1. The van der Waals surface area contributed by atoms with Gasteiger partial charge < -0.3 is 9.73 Å². The van der Waals surface area contributed by atoms with E-state index in [4.69, 9.17) is 4.42 Å². The van der Waals surface area contributed by atoms with Crippen molar-refractivity contribution in [3.63, 3.8) is 0 Å². The van der Waals surface area contributed by atoms with Gasteiger partial charge in [-0.1, -0.05) is 6.92 Å². The first kappa shape index (κ1) is 11.2. The number of nitrogens with zero attached hydrogens (tertiary/aromatic N) is 1. The largest absolute Gasteiger partial charge is 0.440 e. The predicted molar refractivity (Wildman–Crippen MR) is 71.4 cm³/mol. The van der Waals surface area contributed by atoms with Gasteiger partial charge in [-0.05, 0) is 59.1 Å². The lowest BCUT2D eigenvalue weighted by molar-refractivity contribution is 0.536. The Hall–Kier alpha value is -0.870. The van der Waals surface area contributed by atoms with Gasteiger partial charge in [-0.25, -0.2) is 4.98 Å². The Kier molecular flexibility index (Phi) is 2.92. The molecule has 0 aliphatic carbocycles. The normalized spacial score (nSPS) is 15.9. The highest BCUT2D eigenvalue weighted by molar-refractivity contribution is 9.10. The van der Waals surface area contributed by atoms with Gasteiger partial charge in [-0.3, -0.25) is 0 Å². The molecule has 1 aliphatic rings. The third-order valence-electron chi connectivity index (χ3n) is 3.29. The molecule has 0 atom stereocenters. The van der Waals surface area contributed by atoms with Crippen molar-refractivity contribution in [2.24, 2.45) is 0 Å². The molecule has 1 aromatic carbocycles. The lowest BCUT2D eigenvalue weighted by Crippen LogP contribution is -2.16. The van der Waals surface area contributed by atoms with Crippen molar-refractivity contribution < 1.29 is 4.42 Å². The van der Waals surface area contributed by atoms with E-state index in [0.29, 0.717) is 0 Å². The van der Waals surface area contributed by atoms with Gasteiger partial charge in [-0.2, -0.15) is 0 Å². The third kappa shape index (κ3) is 1.89. The van der Waals surface area contributed by atoms with Crippen molar-refractivity contribution in [2.75, 3.05) is 13.1 Å². The summed E-state index contributed by atoms with van der Waals surface area (Å²) >= 11 is 3.68. The summed E-state index contributed by atoms with van der Waals surface area (Å²) in [7, 11) is 0. The molecule has 0 saturated heterocycles. The van der Waals surface area contributed by atoms with Crippen molar-refractivity contribution in [2.45, 2.75) is 26.2 Å². The summed E-state index contributed by atoms with van der Waals surface area (Å²) in [5.74, 6) is 0.819. The fourth-order valence-corrected chi connectivity index (χ4v) is 3.11. The Labute approximate surface area is 109 Å². The smallest absolute Gasteiger partial charge is 0.195 e. The highest BCUT2D eigenvalue weighted by Crippen LogP contribution is 2.32. The van der Waals surface area contributed by atoms with Crippen LogP contribution in [-0.2, 0) is 19.3 Å². The summed E-state index contributed by atoms with van der Waals surface area (Å²) in [6.07, 6.45) is 2.96. The maximum absolute atomic E-state index is 5.78. The van der Waals surface area contributed by atoms with Crippen molar-refractivity contribution in [3.05, 3.63) is 27.6 Å². The molecule has 0 fully saturated rings. The number of nitrogens with one attached hydrogen (secondary N) is 1. The molecule has 2 aromatic rings. The van der Waals surface area contributed by atoms with Crippen LogP contribution in [0.4, 0.5) is 0 Å². The second-order valence-electron chi connectivity index (χ2n) is 4.39. The summed E-state index contributed by atoms with van der Waals surface area (Å²) in [5.41, 5.74) is 4.66. The first-order chi connectivity index (χ1) is 8.29. The van der Waals surface area contributed by atoms with E-state index in [-0.39, 0.29) is 0 Å². The molecule has 0 unspecified atom stereocenters. The van der Waals surface area contributed by atoms with Gasteiger partial charge in [0.2, 0.25) is 0 Å². The monoisotopic (exact) mass is 294 g/mol. The van der Waals surface area contributed by atoms with E-state index in [2.05, 4.69) is 39.2 Å². The molecule has 90 valence electrons. The molecule has 1 aromatic heterocycles. The average molecular weight is 295 g/mol. The molecule has 4 heteroatoms. The van der Waals surface area contributed by atoms with Gasteiger partial charge in [0.1, 0.15) is 5.52 Å². The molecule has 0 amide bonds. The number of halogens is 1. The SMILES string of the molecule is CCc1nc2cc3c(c(Br)c2o1)CCNCC3. The van der Waals surface area contributed by atoms with E-state index < -0.39 is 0 Å². The molecular weight excluding hydrogens is 280 g/mol. The van der Waals surface area contributed by atoms with E-state index in [9.17, 15) is 0 Å². The minimum atomic E-state index is 0.819. The predicted octanol–water partition coefficient (Wildman–Crippen LogP) is 2.84. The van der Waals surface area contributed by atoms with Gasteiger partial charge in [-0.15, -0.1) is 0 Å². The van der Waals surface area contributed by atoms with Crippen LogP contribution in [0.15, 0.2) is 15.0 Å². The summed E-state index contributed by atoms with van der Waals surface area (Å²) in [6, 6.07) is 2.19. The van der Waals surface area contributed by atoms with Gasteiger partial charge in [0.25, 0.3) is 0 Å². The summed E-state index contributed by atoms with van der Waals surface area (Å²) in [5, 5.41) is 3.42. The first-order valence-electron chi connectivity index (χ1n) is 6.10. The third-order valence-corrected chi connectivity index (χ3v) is 4.12. The second-order valence-corrected chi connectivity index (χ2v) is 5.18. The zero-order valence-corrected chi connectivity index (χ0v) is 11.4. The van der Waals surface area contributed by atoms with Crippen LogP contribution in [0, 0.1) is 0 Å². The molecule has 1 aliphatic heterocycles. The highest BCUT2D eigenvalue weighted by atomic mass is 79.9. The molecule has 0 bridgehead atoms. The number of hydrogen-bond donors (Lipinski definition) is 1. The molecule has 0 saturated carbocycles. The van der Waals surface area contributed by atoms with Crippen molar-refractivity contribution >= 4 is 27.0 Å². The molecule has 3 rings (SSSR count). The second kappa shape index (κ2) is 4.42. The topological polar surface area (TPSA) is 38.1 Å². The lowest BCUT2D eigenvalue weighted by atomic mass is 10.0. The van der Waals surface area contributed by atoms with Gasteiger partial charge >= 0.3 is 0 Å². The van der Waals surface area contributed by atoms with E-state index in [1.54, 1.807) is 0 Å². The van der Waals surface area contributed by atoms with Crippen molar-refractivity contribution in [1.29, 1.82) is 0 Å². The van der Waals surface area contributed by atoms with Crippen LogP contribution < -0.4 is 5.32 Å². The minimum absolute atomic E-state index is 0.819. The fraction of sp³-hybridized carbons (Fsp3) is 0.462. The quantitative estimate of drug-likeness (QED) is 0.879. The zero-order valence-electron chi connectivity index (χ0n) is 9.85. The zero-order chi connectivity index (χ0) is 11.8. The summed E-state index contributed by atoms with van der Waals surface area (Å²) < 4.78 is 6.87. The highest BCUT2D eigenvalue weighted by Gasteiger charge is 2.17. The molecule has 1 N–H and O–H groups in total. The number of rotatable bonds is 1. The maximum atomic E-state index is 5.78. The van der Waals surface area contributed by atoms with Crippen LogP contribution in [0.25, 0.3) is 11.1 Å². The Morgan fingerprint density at radius 1 is 1.41 bits per heavy atom. The lowest BCUT2D eigenvalue weighted by Gasteiger charge is -2.07. The number of fused-ring (bicyclic) bond motifs is 2. The van der Waals surface area contributed by atoms with Crippen LogP contribution >= 0.6 is 15.9 Å². The maximum Gasteiger partial charge on any atom is 0.195 e. The Morgan fingerprint density at radius 2 is 2.24 bits per heavy atom. The van der Waals surface area contributed by atoms with Crippen LogP contribution in [-0.4, -0.2) is 18.1 Å². The van der Waals surface area contributed by atoms with E-state index in [0.717, 1.165) is 53.8 Å². The van der Waals surface area contributed by atoms with E-state index in [1.807, 2.05) is 0 Å². The van der Waals surface area contributed by atoms with Gasteiger partial charge in [0, 0.05) is 6.42 Å². The van der Waals surface area contributed by atoms with Gasteiger partial charge in [0.05, 0.1) is 4.47 Å². The van der Waals surface area contributed by atoms with Crippen LogP contribution in [0.1, 0.15) is 23.9 Å². The number of hydrogen-bond acceptors (Lipinski definition) is 3. The molecule has 3 nitrogen and oxygen atoms in total. The standard InChI is InChI=1S/C13H15BrN2O/c1-2-11-16-10-7-8-3-5-15-6-4-9(8)12(14)13(10)17-11/h7,15H,2-6H2,1H3. The average Bonchev–Trinajstić information content (AvgIpc) is 2.60. The Balaban J connectivity index is 2.23. The molecule has 0 radical (unpaired) electrons. The molecular formula is C13H15BrN2O. The summed E-state index contributed by atoms with van der Waals surface area (Å²) in [4.78, 5) is 4.51. The fourth-order valence-electron chi connectivity index (χ4n) is 2.37. The van der Waals surface area contributed by atoms with Crippen LogP contribution in [0.2, 0.25) is 0 Å². The number of oxazole rings is 1. The van der Waals surface area contributed by atoms with E-state index >= 15 is 0 Å². The Morgan fingerprint density at radius 3 is 3.06 bits per heavy atom. The Bertz CT molecular complexity index is 562. The summed E-state index contributed by atoms with van der Waals surface area (Å²) in [6.45, 7) is 4.14. The number of aromatic nitrogens is 1. The molecule has 17 heavy (non-hydrogen) atoms. The van der Waals surface area contributed by atoms with Crippen LogP contribution in [0.5, 0.6) is 0 Å². The first-order valence-corrected chi connectivity index (χ1v) is 6.89. The van der Waals surface area contributed by atoms with Gasteiger partial charge in [0.15, 0.2) is 11.5 Å². The number of benzene rings is 1. The van der Waals surface area contributed by atoms with Crippen LogP contribution in [0.3, 0.4) is 0 Å².